The van der Waals surface area contributed by atoms with Gasteiger partial charge in [0.25, 0.3) is 0 Å². The number of alkyl halides is 1. The molecule has 0 aromatic heterocycles. The molecule has 3 heteroatoms. The topological polar surface area (TPSA) is 0 Å². The molecular formula is C4H3ClS2. The molecule has 0 nitrogen and oxygen atoms in total. The third-order valence-corrected chi connectivity index (χ3v) is 2.60. The van der Waals surface area contributed by atoms with Crippen LogP contribution in [0.25, 0.3) is 0 Å². The predicted molar refractivity (Wildman–Crippen MR) is 39.0 cm³/mol. The van der Waals surface area contributed by atoms with E-state index in [0.717, 1.165) is 4.20 Å². The van der Waals surface area contributed by atoms with Gasteiger partial charge >= 0.3 is 0 Å². The first kappa shape index (κ1) is 5.60. The van der Waals surface area contributed by atoms with E-state index in [-0.39, 0.29) is 5.38 Å². The molecule has 0 amide bonds. The summed E-state index contributed by atoms with van der Waals surface area (Å²) in [6, 6.07) is 0. The van der Waals surface area contributed by atoms with E-state index in [2.05, 4.69) is 0 Å². The Labute approximate surface area is 56.9 Å². The molecule has 0 bridgehead atoms. The normalized spacial score (nSPS) is 29.3. The summed E-state index contributed by atoms with van der Waals surface area (Å²) in [7, 11) is 0. The van der Waals surface area contributed by atoms with Crippen LogP contribution in [0.1, 0.15) is 0 Å². The highest BCUT2D eigenvalue weighted by molar-refractivity contribution is 8.25. The molecular weight excluding hydrogens is 148 g/mol. The van der Waals surface area contributed by atoms with Crippen molar-refractivity contribution in [2.24, 2.45) is 0 Å². The smallest absolute Gasteiger partial charge is 0.0938 e. The molecule has 1 aliphatic rings. The Balaban J connectivity index is 2.62. The van der Waals surface area contributed by atoms with E-state index < -0.39 is 0 Å². The first-order valence-electron chi connectivity index (χ1n) is 1.82. The Hall–Kier alpha value is 0.470. The second kappa shape index (κ2) is 2.16. The third-order valence-electron chi connectivity index (χ3n) is 0.657. The minimum Gasteiger partial charge on any atom is -0.112 e. The van der Waals surface area contributed by atoms with Gasteiger partial charge in [-0.1, -0.05) is 30.1 Å². The van der Waals surface area contributed by atoms with Gasteiger partial charge in [-0.25, -0.2) is 0 Å². The fourth-order valence-corrected chi connectivity index (χ4v) is 1.46. The average molecular weight is 151 g/mol. The van der Waals surface area contributed by atoms with Gasteiger partial charge in [0.2, 0.25) is 0 Å². The molecule has 0 aromatic rings. The lowest BCUT2D eigenvalue weighted by Gasteiger charge is -1.90. The molecule has 0 fully saturated rings. The zero-order valence-corrected chi connectivity index (χ0v) is 5.82. The zero-order chi connectivity index (χ0) is 5.28. The molecule has 1 atom stereocenters. The van der Waals surface area contributed by atoms with Crippen LogP contribution in [-0.2, 0) is 0 Å². The quantitative estimate of drug-likeness (QED) is 0.384. The van der Waals surface area contributed by atoms with Crippen LogP contribution in [0, 0.1) is 0 Å². The van der Waals surface area contributed by atoms with Gasteiger partial charge in [0.15, 0.2) is 0 Å². The summed E-state index contributed by atoms with van der Waals surface area (Å²) in [6.45, 7) is 0. The van der Waals surface area contributed by atoms with Gasteiger partial charge in [-0.15, -0.1) is 11.6 Å². The average Bonchev–Trinajstić information content (AvgIpc) is 1.91. The molecule has 38 valence electrons. The molecule has 0 saturated carbocycles. The summed E-state index contributed by atoms with van der Waals surface area (Å²) in [4.78, 5) is 0. The van der Waals surface area contributed by atoms with Crippen molar-refractivity contribution >= 4 is 39.8 Å². The molecule has 0 N–H and O–H groups in total. The number of allylic oxidation sites excluding steroid dienone is 1. The minimum absolute atomic E-state index is 0. The lowest BCUT2D eigenvalue weighted by Crippen LogP contribution is -1.96. The molecule has 1 unspecified atom stereocenters. The number of hydrogen-bond acceptors (Lipinski definition) is 2. The summed E-state index contributed by atoms with van der Waals surface area (Å²) >= 11 is 11.9. The van der Waals surface area contributed by atoms with Gasteiger partial charge < -0.3 is 0 Å². The van der Waals surface area contributed by atoms with E-state index in [4.69, 9.17) is 23.8 Å². The first-order chi connectivity index (χ1) is 3.30. The van der Waals surface area contributed by atoms with Gasteiger partial charge in [-0.05, 0) is 5.41 Å². The van der Waals surface area contributed by atoms with E-state index in [1.807, 2.05) is 11.5 Å². The third kappa shape index (κ3) is 1.18. The Bertz CT molecular complexity index is 119. The maximum atomic E-state index is 5.61. The van der Waals surface area contributed by atoms with Crippen molar-refractivity contribution in [3.63, 3.8) is 0 Å². The maximum absolute atomic E-state index is 5.61. The van der Waals surface area contributed by atoms with Crippen LogP contribution in [-0.4, -0.2) is 9.57 Å². The molecule has 7 heavy (non-hydrogen) atoms. The highest BCUT2D eigenvalue weighted by atomic mass is 35.5. The van der Waals surface area contributed by atoms with Crippen LogP contribution >= 0.6 is 35.6 Å². The van der Waals surface area contributed by atoms with Gasteiger partial charge in [0.05, 0.1) is 9.57 Å². The van der Waals surface area contributed by atoms with Gasteiger partial charge in [-0.2, -0.15) is 0 Å². The summed E-state index contributed by atoms with van der Waals surface area (Å²) in [6.07, 6.45) is 1.88. The Kier molecular flexibility index (Phi) is 1.73. The molecule has 1 heterocycles. The second-order valence-electron chi connectivity index (χ2n) is 1.17. The van der Waals surface area contributed by atoms with Crippen LogP contribution in [0.3, 0.4) is 0 Å². The first-order valence-corrected chi connectivity index (χ1v) is 3.54. The second-order valence-corrected chi connectivity index (χ2v) is 3.28. The molecule has 0 saturated heterocycles. The number of hydrogen-bond donors (Lipinski definition) is 0. The molecule has 1 aliphatic heterocycles. The zero-order valence-electron chi connectivity index (χ0n) is 3.43. The highest BCUT2D eigenvalue weighted by Crippen LogP contribution is 2.22. The van der Waals surface area contributed by atoms with Crippen LogP contribution in [0.4, 0.5) is 0 Å². The Morgan fingerprint density at radius 1 is 1.86 bits per heavy atom. The SMILES string of the molecule is S=C1SC=CC1Cl. The van der Waals surface area contributed by atoms with Crippen molar-refractivity contribution in [2.45, 2.75) is 5.38 Å². The van der Waals surface area contributed by atoms with Crippen molar-refractivity contribution in [2.75, 3.05) is 0 Å². The number of rotatable bonds is 0. The Morgan fingerprint density at radius 3 is 2.71 bits per heavy atom. The monoisotopic (exact) mass is 150 g/mol. The predicted octanol–water partition coefficient (Wildman–Crippen LogP) is 2.18. The standard InChI is InChI=1S/C4H3ClS2/c5-3-1-2-7-4(3)6/h1-3H. The lowest BCUT2D eigenvalue weighted by molar-refractivity contribution is 1.59. The van der Waals surface area contributed by atoms with Gasteiger partial charge in [-0.3, -0.25) is 0 Å². The molecule has 1 rings (SSSR count). The fraction of sp³-hybridized carbons (Fsp3) is 0.250. The summed E-state index contributed by atoms with van der Waals surface area (Å²) < 4.78 is 0.863. The molecule has 0 aromatic carbocycles. The molecule has 0 aliphatic carbocycles. The number of thiocarbonyl (C=S) groups is 1. The van der Waals surface area contributed by atoms with Crippen LogP contribution in [0.2, 0.25) is 0 Å². The number of halogens is 1. The van der Waals surface area contributed by atoms with Crippen molar-refractivity contribution in [1.29, 1.82) is 0 Å². The van der Waals surface area contributed by atoms with Gasteiger partial charge in [0.1, 0.15) is 0 Å². The van der Waals surface area contributed by atoms with Crippen molar-refractivity contribution in [3.05, 3.63) is 11.5 Å². The van der Waals surface area contributed by atoms with E-state index >= 15 is 0 Å². The number of thioether (sulfide) groups is 1. The van der Waals surface area contributed by atoms with Crippen molar-refractivity contribution in [1.82, 2.24) is 0 Å². The van der Waals surface area contributed by atoms with Crippen molar-refractivity contribution < 1.29 is 0 Å². The van der Waals surface area contributed by atoms with Crippen LogP contribution in [0.15, 0.2) is 11.5 Å². The lowest BCUT2D eigenvalue weighted by atomic mass is 10.5. The van der Waals surface area contributed by atoms with Crippen molar-refractivity contribution in [3.8, 4) is 0 Å². The van der Waals surface area contributed by atoms with E-state index in [0.29, 0.717) is 0 Å². The van der Waals surface area contributed by atoms with E-state index in [9.17, 15) is 0 Å². The fourth-order valence-electron chi connectivity index (χ4n) is 0.319. The van der Waals surface area contributed by atoms with E-state index in [1.165, 1.54) is 11.8 Å². The van der Waals surface area contributed by atoms with Crippen LogP contribution < -0.4 is 0 Å². The highest BCUT2D eigenvalue weighted by Gasteiger charge is 2.10. The maximum Gasteiger partial charge on any atom is 0.0938 e. The minimum atomic E-state index is 0. The largest absolute Gasteiger partial charge is 0.112 e. The van der Waals surface area contributed by atoms with Gasteiger partial charge in [0, 0.05) is 0 Å². The van der Waals surface area contributed by atoms with Crippen LogP contribution in [0.5, 0.6) is 0 Å². The summed E-state index contributed by atoms with van der Waals surface area (Å²) in [5, 5.41) is 1.92. The molecule has 0 spiro atoms. The summed E-state index contributed by atoms with van der Waals surface area (Å²) in [5.41, 5.74) is 0. The Morgan fingerprint density at radius 2 is 2.57 bits per heavy atom. The van der Waals surface area contributed by atoms with E-state index in [1.54, 1.807) is 0 Å². The molecule has 0 radical (unpaired) electrons. The summed E-state index contributed by atoms with van der Waals surface area (Å²) in [5.74, 6) is 0.